The molecule has 19 heavy (non-hydrogen) atoms. The van der Waals surface area contributed by atoms with Crippen LogP contribution in [0.15, 0.2) is 40.9 Å². The second-order valence-electron chi connectivity index (χ2n) is 4.37. The third-order valence-electron chi connectivity index (χ3n) is 2.79. The van der Waals surface area contributed by atoms with Crippen LogP contribution in [0.25, 0.3) is 0 Å². The molecule has 0 unspecified atom stereocenters. The van der Waals surface area contributed by atoms with Gasteiger partial charge in [-0.05, 0) is 55.3 Å². The molecule has 2 aromatic rings. The highest BCUT2D eigenvalue weighted by molar-refractivity contribution is 9.10. The molecule has 4 heteroatoms. The molecule has 0 amide bonds. The zero-order valence-corrected chi connectivity index (χ0v) is 13.0. The van der Waals surface area contributed by atoms with E-state index in [9.17, 15) is 5.11 Å². The largest absolute Gasteiger partial charge is 0.457 e. The minimum atomic E-state index is -0.513. The van der Waals surface area contributed by atoms with E-state index in [0.717, 1.165) is 26.4 Å². The van der Waals surface area contributed by atoms with Crippen LogP contribution < -0.4 is 4.74 Å². The topological polar surface area (TPSA) is 29.5 Å². The van der Waals surface area contributed by atoms with E-state index in [-0.39, 0.29) is 0 Å². The molecule has 2 rings (SSSR count). The van der Waals surface area contributed by atoms with E-state index < -0.39 is 6.10 Å². The zero-order valence-electron chi connectivity index (χ0n) is 10.7. The maximum atomic E-state index is 9.57. The molecule has 0 aliphatic carbocycles. The molecule has 2 nitrogen and oxygen atoms in total. The third-order valence-corrected chi connectivity index (χ3v) is 3.90. The number of aliphatic hydroxyl groups is 1. The molecule has 0 aromatic heterocycles. The van der Waals surface area contributed by atoms with Gasteiger partial charge in [0.1, 0.15) is 11.5 Å². The van der Waals surface area contributed by atoms with Gasteiger partial charge < -0.3 is 9.84 Å². The van der Waals surface area contributed by atoms with Crippen LogP contribution >= 0.6 is 27.5 Å². The van der Waals surface area contributed by atoms with Gasteiger partial charge in [-0.2, -0.15) is 0 Å². The lowest BCUT2D eigenvalue weighted by Crippen LogP contribution is -1.93. The smallest absolute Gasteiger partial charge is 0.128 e. The molecule has 2 aromatic carbocycles. The van der Waals surface area contributed by atoms with Gasteiger partial charge in [0.15, 0.2) is 0 Å². The van der Waals surface area contributed by atoms with Crippen LogP contribution in [-0.2, 0) is 0 Å². The Labute approximate surface area is 126 Å². The number of benzene rings is 2. The third kappa shape index (κ3) is 3.50. The maximum absolute atomic E-state index is 9.57. The molecule has 0 spiro atoms. The second-order valence-corrected chi connectivity index (χ2v) is 5.63. The van der Waals surface area contributed by atoms with Crippen molar-refractivity contribution in [3.05, 3.63) is 57.0 Å². The van der Waals surface area contributed by atoms with Crippen molar-refractivity contribution in [2.45, 2.75) is 20.0 Å². The molecule has 0 bridgehead atoms. The molecule has 1 atom stereocenters. The van der Waals surface area contributed by atoms with E-state index in [1.807, 2.05) is 43.3 Å². The van der Waals surface area contributed by atoms with Crippen LogP contribution in [0.1, 0.15) is 24.2 Å². The Balaban J connectivity index is 2.24. The Hall–Kier alpha value is -1.03. The molecular weight excluding hydrogens is 328 g/mol. The molecule has 1 N–H and O–H groups in total. The van der Waals surface area contributed by atoms with E-state index in [0.29, 0.717) is 5.75 Å². The Kier molecular flexibility index (Phi) is 4.50. The minimum Gasteiger partial charge on any atom is -0.457 e. The van der Waals surface area contributed by atoms with Crippen LogP contribution in [0, 0.1) is 6.92 Å². The van der Waals surface area contributed by atoms with Gasteiger partial charge >= 0.3 is 0 Å². The van der Waals surface area contributed by atoms with Gasteiger partial charge in [-0.3, -0.25) is 0 Å². The summed E-state index contributed by atoms with van der Waals surface area (Å²) in [5, 5.41) is 10.3. The molecule has 0 saturated heterocycles. The van der Waals surface area contributed by atoms with Gasteiger partial charge in [-0.1, -0.05) is 33.6 Å². The monoisotopic (exact) mass is 340 g/mol. The molecule has 0 fully saturated rings. The highest BCUT2D eigenvalue weighted by Gasteiger charge is 2.08. The summed E-state index contributed by atoms with van der Waals surface area (Å²) in [4.78, 5) is 0. The van der Waals surface area contributed by atoms with E-state index in [4.69, 9.17) is 16.3 Å². The summed E-state index contributed by atoms with van der Waals surface area (Å²) in [5.74, 6) is 1.44. The lowest BCUT2D eigenvalue weighted by atomic mass is 10.1. The Morgan fingerprint density at radius 1 is 1.16 bits per heavy atom. The van der Waals surface area contributed by atoms with E-state index in [1.54, 1.807) is 6.92 Å². The van der Waals surface area contributed by atoms with Crippen molar-refractivity contribution >= 4 is 27.5 Å². The van der Waals surface area contributed by atoms with E-state index in [1.165, 1.54) is 0 Å². The van der Waals surface area contributed by atoms with Crippen LogP contribution in [0.3, 0.4) is 0 Å². The molecule has 0 aliphatic rings. The Bertz CT molecular complexity index is 597. The molecule has 100 valence electrons. The summed E-state index contributed by atoms with van der Waals surface area (Å²) >= 11 is 9.40. The summed E-state index contributed by atoms with van der Waals surface area (Å²) in [6.07, 6.45) is -0.513. The summed E-state index contributed by atoms with van der Waals surface area (Å²) in [5.41, 5.74) is 1.80. The van der Waals surface area contributed by atoms with Crippen LogP contribution in [0.2, 0.25) is 5.02 Å². The van der Waals surface area contributed by atoms with Gasteiger partial charge in [0.25, 0.3) is 0 Å². The first-order chi connectivity index (χ1) is 8.97. The molecule has 0 aliphatic heterocycles. The van der Waals surface area contributed by atoms with Gasteiger partial charge in [0.2, 0.25) is 0 Å². The predicted octanol–water partition coefficient (Wildman–Crippen LogP) is 5.26. The van der Waals surface area contributed by atoms with Gasteiger partial charge in [0.05, 0.1) is 6.10 Å². The highest BCUT2D eigenvalue weighted by Crippen LogP contribution is 2.31. The van der Waals surface area contributed by atoms with Crippen molar-refractivity contribution in [1.29, 1.82) is 0 Å². The fourth-order valence-electron chi connectivity index (χ4n) is 1.73. The van der Waals surface area contributed by atoms with Crippen LogP contribution in [0.5, 0.6) is 11.5 Å². The average Bonchev–Trinajstić information content (AvgIpc) is 2.33. The SMILES string of the molecule is Cc1cc(Oc2ccc([C@H](C)O)c(Br)c2)ccc1Cl. The molecular formula is C15H14BrClO2. The van der Waals surface area contributed by atoms with Crippen molar-refractivity contribution < 1.29 is 9.84 Å². The van der Waals surface area contributed by atoms with Crippen LogP contribution in [-0.4, -0.2) is 5.11 Å². The lowest BCUT2D eigenvalue weighted by Gasteiger charge is -2.11. The quantitative estimate of drug-likeness (QED) is 0.825. The Morgan fingerprint density at radius 3 is 2.37 bits per heavy atom. The number of halogens is 2. The second kappa shape index (κ2) is 5.95. The highest BCUT2D eigenvalue weighted by atomic mass is 79.9. The first kappa shape index (κ1) is 14.4. The summed E-state index contributed by atoms with van der Waals surface area (Å²) in [6, 6.07) is 11.0. The van der Waals surface area contributed by atoms with Crippen molar-refractivity contribution in [3.8, 4) is 11.5 Å². The lowest BCUT2D eigenvalue weighted by molar-refractivity contribution is 0.198. The summed E-state index contributed by atoms with van der Waals surface area (Å²) in [7, 11) is 0. The minimum absolute atomic E-state index is 0.513. The van der Waals surface area contributed by atoms with Crippen molar-refractivity contribution in [2.75, 3.05) is 0 Å². The number of hydrogen-bond donors (Lipinski definition) is 1. The van der Waals surface area contributed by atoms with Crippen molar-refractivity contribution in [2.24, 2.45) is 0 Å². The number of rotatable bonds is 3. The fraction of sp³-hybridized carbons (Fsp3) is 0.200. The molecule has 0 heterocycles. The predicted molar refractivity (Wildman–Crippen MR) is 81.0 cm³/mol. The summed E-state index contributed by atoms with van der Waals surface area (Å²) in [6.45, 7) is 3.66. The van der Waals surface area contributed by atoms with Crippen LogP contribution in [0.4, 0.5) is 0 Å². The molecule has 0 radical (unpaired) electrons. The average molecular weight is 342 g/mol. The normalized spacial score (nSPS) is 12.3. The number of ether oxygens (including phenoxy) is 1. The van der Waals surface area contributed by atoms with E-state index in [2.05, 4.69) is 15.9 Å². The Morgan fingerprint density at radius 2 is 1.79 bits per heavy atom. The number of hydrogen-bond acceptors (Lipinski definition) is 2. The molecule has 0 saturated carbocycles. The van der Waals surface area contributed by atoms with Gasteiger partial charge in [-0.15, -0.1) is 0 Å². The zero-order chi connectivity index (χ0) is 14.0. The van der Waals surface area contributed by atoms with Gasteiger partial charge in [-0.25, -0.2) is 0 Å². The summed E-state index contributed by atoms with van der Waals surface area (Å²) < 4.78 is 6.58. The van der Waals surface area contributed by atoms with E-state index >= 15 is 0 Å². The number of aliphatic hydroxyl groups excluding tert-OH is 1. The number of aryl methyl sites for hydroxylation is 1. The van der Waals surface area contributed by atoms with Crippen molar-refractivity contribution in [1.82, 2.24) is 0 Å². The first-order valence-electron chi connectivity index (χ1n) is 5.89. The standard InChI is InChI=1S/C15H14BrClO2/c1-9-7-11(4-6-15(9)17)19-12-3-5-13(10(2)18)14(16)8-12/h3-8,10,18H,1-2H3/t10-/m0/s1. The van der Waals surface area contributed by atoms with Crippen molar-refractivity contribution in [3.63, 3.8) is 0 Å². The van der Waals surface area contributed by atoms with Gasteiger partial charge in [0, 0.05) is 9.50 Å². The fourth-order valence-corrected chi connectivity index (χ4v) is 2.53. The maximum Gasteiger partial charge on any atom is 0.128 e. The first-order valence-corrected chi connectivity index (χ1v) is 7.06.